The zero-order valence-corrected chi connectivity index (χ0v) is 15.3. The Morgan fingerprint density at radius 2 is 1.93 bits per heavy atom. The normalized spacial score (nSPS) is 17.7. The number of fused-ring (bicyclic) bond motifs is 2. The van der Waals surface area contributed by atoms with Crippen molar-refractivity contribution in [2.45, 2.75) is 18.8 Å². The van der Waals surface area contributed by atoms with Crippen LogP contribution in [0.15, 0.2) is 28.9 Å². The minimum atomic E-state index is 0.314. The summed E-state index contributed by atoms with van der Waals surface area (Å²) in [5, 5.41) is 7.67. The summed E-state index contributed by atoms with van der Waals surface area (Å²) < 4.78 is 4.79. The van der Waals surface area contributed by atoms with Crippen LogP contribution < -0.4 is 9.80 Å². The van der Waals surface area contributed by atoms with E-state index in [1.54, 1.807) is 0 Å². The molecule has 1 unspecified atom stereocenters. The van der Waals surface area contributed by atoms with Gasteiger partial charge in [0.25, 0.3) is 0 Å². The Bertz CT molecular complexity index is 1070. The molecule has 1 fully saturated rings. The molecule has 27 heavy (non-hydrogen) atoms. The van der Waals surface area contributed by atoms with Gasteiger partial charge in [0, 0.05) is 33.1 Å². The van der Waals surface area contributed by atoms with Crippen LogP contribution in [0, 0.1) is 0 Å². The number of benzene rings is 1. The highest BCUT2D eigenvalue weighted by Gasteiger charge is 2.28. The van der Waals surface area contributed by atoms with Crippen LogP contribution in [0.2, 0.25) is 0 Å². The second-order valence-corrected chi connectivity index (χ2v) is 7.10. The first-order chi connectivity index (χ1) is 13.2. The van der Waals surface area contributed by atoms with Crippen molar-refractivity contribution in [3.05, 3.63) is 30.1 Å². The van der Waals surface area contributed by atoms with Gasteiger partial charge in [0.05, 0.1) is 11.0 Å². The first-order valence-electron chi connectivity index (χ1n) is 9.06. The van der Waals surface area contributed by atoms with E-state index in [1.807, 2.05) is 37.2 Å². The van der Waals surface area contributed by atoms with Gasteiger partial charge in [-0.25, -0.2) is 19.6 Å². The predicted octanol–water partition coefficient (Wildman–Crippen LogP) is 2.34. The molecule has 0 aliphatic carbocycles. The Hall–Kier alpha value is -3.23. The van der Waals surface area contributed by atoms with Gasteiger partial charge >= 0.3 is 0 Å². The molecule has 1 aromatic carbocycles. The zero-order valence-electron chi connectivity index (χ0n) is 15.3. The largest absolute Gasteiger partial charge is 0.360 e. The van der Waals surface area contributed by atoms with Crippen molar-refractivity contribution >= 4 is 34.0 Å². The second kappa shape index (κ2) is 6.19. The van der Waals surface area contributed by atoms with E-state index in [0.717, 1.165) is 54.4 Å². The molecule has 4 aromatic rings. The number of hydrogen-bond donors (Lipinski definition) is 1. The van der Waals surface area contributed by atoms with Crippen LogP contribution in [0.5, 0.6) is 0 Å². The number of aromatic amines is 1. The number of piperidine rings is 1. The lowest BCUT2D eigenvalue weighted by atomic mass is 9.97. The molecule has 9 nitrogen and oxygen atoms in total. The first-order valence-corrected chi connectivity index (χ1v) is 9.06. The monoisotopic (exact) mass is 364 g/mol. The fourth-order valence-corrected chi connectivity index (χ4v) is 3.69. The lowest BCUT2D eigenvalue weighted by Gasteiger charge is -2.34. The second-order valence-electron chi connectivity index (χ2n) is 7.10. The molecular weight excluding hydrogens is 344 g/mol. The Morgan fingerprint density at radius 1 is 1.11 bits per heavy atom. The number of H-pyrrole nitrogens is 1. The van der Waals surface area contributed by atoms with E-state index < -0.39 is 0 Å². The van der Waals surface area contributed by atoms with E-state index in [1.165, 1.54) is 0 Å². The summed E-state index contributed by atoms with van der Waals surface area (Å²) in [4.78, 5) is 21.7. The lowest BCUT2D eigenvalue weighted by molar-refractivity contribution is 0.314. The minimum Gasteiger partial charge on any atom is -0.360 e. The van der Waals surface area contributed by atoms with Crippen LogP contribution >= 0.6 is 0 Å². The molecule has 1 N–H and O–H groups in total. The highest BCUT2D eigenvalue weighted by molar-refractivity contribution is 5.76. The number of anilines is 2. The number of hydrogen-bond acceptors (Lipinski definition) is 8. The fraction of sp³-hybridized carbons (Fsp3) is 0.389. The van der Waals surface area contributed by atoms with Crippen LogP contribution in [0.4, 0.5) is 11.6 Å². The summed E-state index contributed by atoms with van der Waals surface area (Å²) in [5.74, 6) is 2.92. The van der Waals surface area contributed by atoms with Gasteiger partial charge in [-0.05, 0) is 35.3 Å². The number of nitrogens with zero attached hydrogens (tertiary/aromatic N) is 7. The molecule has 138 valence electrons. The van der Waals surface area contributed by atoms with Gasteiger partial charge in [0.2, 0.25) is 11.3 Å². The molecule has 0 amide bonds. The molecule has 9 heteroatoms. The maximum absolute atomic E-state index is 4.80. The average Bonchev–Trinajstić information content (AvgIpc) is 3.33. The third-order valence-electron chi connectivity index (χ3n) is 5.02. The Morgan fingerprint density at radius 3 is 2.74 bits per heavy atom. The van der Waals surface area contributed by atoms with Crippen molar-refractivity contribution in [3.63, 3.8) is 0 Å². The highest BCUT2D eigenvalue weighted by Crippen LogP contribution is 2.33. The molecule has 0 bridgehead atoms. The van der Waals surface area contributed by atoms with Gasteiger partial charge in [-0.1, -0.05) is 12.1 Å². The topological polar surface area (TPSA) is 99.9 Å². The van der Waals surface area contributed by atoms with Gasteiger partial charge in [0.1, 0.15) is 5.82 Å². The summed E-state index contributed by atoms with van der Waals surface area (Å²) >= 11 is 0. The zero-order chi connectivity index (χ0) is 18.4. The summed E-state index contributed by atoms with van der Waals surface area (Å²) in [6.07, 6.45) is 2.15. The fourth-order valence-electron chi connectivity index (χ4n) is 3.69. The third-order valence-corrected chi connectivity index (χ3v) is 5.02. The number of para-hydroxylation sites is 2. The number of imidazole rings is 1. The van der Waals surface area contributed by atoms with Crippen LogP contribution in [0.3, 0.4) is 0 Å². The smallest absolute Gasteiger partial charge is 0.245 e. The average molecular weight is 364 g/mol. The molecule has 1 aliphatic heterocycles. The van der Waals surface area contributed by atoms with E-state index in [0.29, 0.717) is 17.2 Å². The van der Waals surface area contributed by atoms with E-state index in [4.69, 9.17) is 9.61 Å². The summed E-state index contributed by atoms with van der Waals surface area (Å²) in [7, 11) is 3.90. The van der Waals surface area contributed by atoms with Gasteiger partial charge in [-0.2, -0.15) is 0 Å². The molecule has 0 radical (unpaired) electrons. The van der Waals surface area contributed by atoms with E-state index in [2.05, 4.69) is 36.2 Å². The van der Waals surface area contributed by atoms with E-state index in [-0.39, 0.29) is 0 Å². The van der Waals surface area contributed by atoms with E-state index >= 15 is 0 Å². The predicted molar refractivity (Wildman–Crippen MR) is 102 cm³/mol. The Balaban J connectivity index is 1.50. The van der Waals surface area contributed by atoms with Crippen LogP contribution in [-0.2, 0) is 0 Å². The Labute approximate surface area is 155 Å². The van der Waals surface area contributed by atoms with Crippen LogP contribution in [0.25, 0.3) is 22.3 Å². The molecule has 3 aromatic heterocycles. The van der Waals surface area contributed by atoms with Gasteiger partial charge in [0.15, 0.2) is 11.6 Å². The number of nitrogens with one attached hydrogen (secondary N) is 1. The highest BCUT2D eigenvalue weighted by atomic mass is 16.6. The van der Waals surface area contributed by atoms with Crippen molar-refractivity contribution in [3.8, 4) is 0 Å². The number of rotatable bonds is 3. The van der Waals surface area contributed by atoms with Crippen molar-refractivity contribution in [2.24, 2.45) is 0 Å². The number of aromatic nitrogens is 6. The minimum absolute atomic E-state index is 0.314. The van der Waals surface area contributed by atoms with E-state index in [9.17, 15) is 0 Å². The van der Waals surface area contributed by atoms with Crippen molar-refractivity contribution in [1.82, 2.24) is 30.2 Å². The van der Waals surface area contributed by atoms with Crippen molar-refractivity contribution in [2.75, 3.05) is 37.0 Å². The molecule has 5 rings (SSSR count). The van der Waals surface area contributed by atoms with Crippen LogP contribution in [0.1, 0.15) is 24.6 Å². The summed E-state index contributed by atoms with van der Waals surface area (Å²) in [5.41, 5.74) is 2.94. The molecule has 4 heterocycles. The standard InChI is InChI=1S/C18H20N8O/c1-25(2)17-18(22-16-15(21-17)23-27-24-16)26-9-5-6-11(10-26)14-19-12-7-3-4-8-13(12)20-14/h3-4,7-8,11H,5-6,9-10H2,1-2H3,(H,19,20). The van der Waals surface area contributed by atoms with Crippen molar-refractivity contribution < 1.29 is 4.63 Å². The maximum atomic E-state index is 4.80. The molecule has 1 saturated heterocycles. The van der Waals surface area contributed by atoms with Crippen LogP contribution in [-0.4, -0.2) is 57.4 Å². The molecule has 1 aliphatic rings. The third kappa shape index (κ3) is 2.75. The first kappa shape index (κ1) is 16.0. The van der Waals surface area contributed by atoms with Crippen molar-refractivity contribution in [1.29, 1.82) is 0 Å². The molecule has 0 saturated carbocycles. The molecule has 1 atom stereocenters. The van der Waals surface area contributed by atoms with Gasteiger partial charge in [-0.3, -0.25) is 0 Å². The summed E-state index contributed by atoms with van der Waals surface area (Å²) in [6.45, 7) is 1.75. The lowest BCUT2D eigenvalue weighted by Crippen LogP contribution is -2.36. The van der Waals surface area contributed by atoms with Gasteiger partial charge < -0.3 is 14.8 Å². The Kier molecular flexibility index (Phi) is 3.66. The summed E-state index contributed by atoms with van der Waals surface area (Å²) in [6, 6.07) is 8.14. The quantitative estimate of drug-likeness (QED) is 0.591. The molecular formula is C18H20N8O. The maximum Gasteiger partial charge on any atom is 0.245 e. The SMILES string of the molecule is CN(C)c1nc2nonc2nc1N1CCCC(c2nc3ccccc3[nH]2)C1. The van der Waals surface area contributed by atoms with Gasteiger partial charge in [-0.15, -0.1) is 0 Å². The molecule has 0 spiro atoms.